The van der Waals surface area contributed by atoms with Crippen molar-refractivity contribution in [1.29, 1.82) is 0 Å². The highest BCUT2D eigenvalue weighted by atomic mass is 35.5. The first-order chi connectivity index (χ1) is 5.37. The topological polar surface area (TPSA) is 21.3 Å². The Morgan fingerprint density at radius 2 is 2.08 bits per heavy atom. The van der Waals surface area contributed by atoms with Crippen LogP contribution in [0.5, 0.6) is 0 Å². The Hall–Kier alpha value is 0.210. The number of hydrogen-bond donors (Lipinski definition) is 1. The van der Waals surface area contributed by atoms with Gasteiger partial charge in [0.25, 0.3) is 0 Å². The van der Waals surface area contributed by atoms with E-state index in [1.54, 1.807) is 0 Å². The fourth-order valence-electron chi connectivity index (χ4n) is 2.41. The van der Waals surface area contributed by atoms with Crippen molar-refractivity contribution in [1.82, 2.24) is 5.32 Å². The predicted octanol–water partition coefficient (Wildman–Crippen LogP) is 1.44. The number of nitrogens with one attached hydrogen (secondary N) is 1. The van der Waals surface area contributed by atoms with E-state index >= 15 is 0 Å². The number of piperidine rings is 1. The average Bonchev–Trinajstić information content (AvgIpc) is 2.66. The van der Waals surface area contributed by atoms with Crippen molar-refractivity contribution in [3.05, 3.63) is 0 Å². The number of hydrogen-bond acceptors (Lipinski definition) is 2. The molecule has 72 valence electrons. The van der Waals surface area contributed by atoms with Crippen LogP contribution in [0.1, 0.15) is 19.3 Å². The van der Waals surface area contributed by atoms with Crippen LogP contribution < -0.4 is 5.32 Å². The molecule has 2 aliphatic rings. The molecule has 1 saturated carbocycles. The molecule has 1 unspecified atom stereocenters. The molecule has 1 atom stereocenters. The minimum Gasteiger partial charge on any atom is -0.384 e. The zero-order valence-electron chi connectivity index (χ0n) is 7.64. The molecule has 0 aromatic rings. The van der Waals surface area contributed by atoms with E-state index < -0.39 is 0 Å². The fourth-order valence-corrected chi connectivity index (χ4v) is 2.41. The van der Waals surface area contributed by atoms with Crippen LogP contribution >= 0.6 is 12.4 Å². The lowest BCUT2D eigenvalue weighted by molar-refractivity contribution is 0.162. The smallest absolute Gasteiger partial charge is 0.0496 e. The van der Waals surface area contributed by atoms with E-state index in [0.717, 1.165) is 12.5 Å². The minimum absolute atomic E-state index is 0. The second kappa shape index (κ2) is 3.95. The predicted molar refractivity (Wildman–Crippen MR) is 51.8 cm³/mol. The van der Waals surface area contributed by atoms with Crippen molar-refractivity contribution in [3.63, 3.8) is 0 Å². The Morgan fingerprint density at radius 3 is 2.67 bits per heavy atom. The summed E-state index contributed by atoms with van der Waals surface area (Å²) in [5.74, 6) is 0.884. The Balaban J connectivity index is 0.000000720. The maximum absolute atomic E-state index is 5.17. The third-order valence-corrected chi connectivity index (χ3v) is 3.33. The molecule has 0 aromatic heterocycles. The Labute approximate surface area is 80.5 Å². The standard InChI is InChI=1S/C9H17NO.ClH/c1-11-7-8-6-9(8)2-4-10-5-3-9;/h8,10H,2-7H2,1H3;1H. The molecule has 1 saturated heterocycles. The van der Waals surface area contributed by atoms with Gasteiger partial charge in [0, 0.05) is 13.7 Å². The molecular formula is C9H18ClNO. The van der Waals surface area contributed by atoms with E-state index in [-0.39, 0.29) is 12.4 Å². The van der Waals surface area contributed by atoms with Gasteiger partial charge in [-0.2, -0.15) is 0 Å². The molecule has 1 N–H and O–H groups in total. The normalized spacial score (nSPS) is 31.2. The molecular weight excluding hydrogens is 174 g/mol. The lowest BCUT2D eigenvalue weighted by atomic mass is 9.92. The average molecular weight is 192 g/mol. The van der Waals surface area contributed by atoms with Crippen LogP contribution in [-0.4, -0.2) is 26.8 Å². The molecule has 1 spiro atoms. The first-order valence-electron chi connectivity index (χ1n) is 4.57. The molecule has 0 bridgehead atoms. The first kappa shape index (κ1) is 10.3. The maximum Gasteiger partial charge on any atom is 0.0496 e. The van der Waals surface area contributed by atoms with Gasteiger partial charge in [-0.3, -0.25) is 0 Å². The van der Waals surface area contributed by atoms with Crippen LogP contribution in [0.25, 0.3) is 0 Å². The Kier molecular flexibility index (Phi) is 3.38. The highest BCUT2D eigenvalue weighted by Crippen LogP contribution is 2.58. The summed E-state index contributed by atoms with van der Waals surface area (Å²) < 4.78 is 5.17. The van der Waals surface area contributed by atoms with Crippen LogP contribution in [0.2, 0.25) is 0 Å². The van der Waals surface area contributed by atoms with Gasteiger partial charge in [0.05, 0.1) is 0 Å². The molecule has 2 fully saturated rings. The summed E-state index contributed by atoms with van der Waals surface area (Å²) in [6, 6.07) is 0. The summed E-state index contributed by atoms with van der Waals surface area (Å²) in [7, 11) is 1.81. The SMILES string of the molecule is COCC1CC12CCNCC2.Cl. The van der Waals surface area contributed by atoms with Gasteiger partial charge < -0.3 is 10.1 Å². The molecule has 2 nitrogen and oxygen atoms in total. The third-order valence-electron chi connectivity index (χ3n) is 3.33. The van der Waals surface area contributed by atoms with Crippen LogP contribution in [0.3, 0.4) is 0 Å². The zero-order chi connectivity index (χ0) is 7.73. The molecule has 1 heterocycles. The first-order valence-corrected chi connectivity index (χ1v) is 4.57. The second-order valence-electron chi connectivity index (χ2n) is 3.97. The fraction of sp³-hybridized carbons (Fsp3) is 1.00. The molecule has 0 amide bonds. The molecule has 1 aliphatic carbocycles. The van der Waals surface area contributed by atoms with Crippen LogP contribution in [0.15, 0.2) is 0 Å². The number of methoxy groups -OCH3 is 1. The zero-order valence-corrected chi connectivity index (χ0v) is 8.45. The van der Waals surface area contributed by atoms with Crippen LogP contribution in [0.4, 0.5) is 0 Å². The van der Waals surface area contributed by atoms with E-state index in [9.17, 15) is 0 Å². The highest BCUT2D eigenvalue weighted by Gasteiger charge is 2.53. The monoisotopic (exact) mass is 191 g/mol. The van der Waals surface area contributed by atoms with Crippen molar-refractivity contribution in [3.8, 4) is 0 Å². The van der Waals surface area contributed by atoms with Gasteiger partial charge in [0.1, 0.15) is 0 Å². The van der Waals surface area contributed by atoms with Crippen molar-refractivity contribution < 1.29 is 4.74 Å². The summed E-state index contributed by atoms with van der Waals surface area (Å²) in [6.45, 7) is 3.43. The van der Waals surface area contributed by atoms with Crippen molar-refractivity contribution in [2.45, 2.75) is 19.3 Å². The van der Waals surface area contributed by atoms with Gasteiger partial charge in [-0.1, -0.05) is 0 Å². The van der Waals surface area contributed by atoms with Gasteiger partial charge in [-0.15, -0.1) is 12.4 Å². The van der Waals surface area contributed by atoms with E-state index in [1.807, 2.05) is 7.11 Å². The van der Waals surface area contributed by atoms with Crippen LogP contribution in [0, 0.1) is 11.3 Å². The molecule has 3 heteroatoms. The summed E-state index contributed by atoms with van der Waals surface area (Å²) in [4.78, 5) is 0. The quantitative estimate of drug-likeness (QED) is 0.714. The number of ether oxygens (including phenoxy) is 1. The van der Waals surface area contributed by atoms with Crippen molar-refractivity contribution in [2.75, 3.05) is 26.8 Å². The lowest BCUT2D eigenvalue weighted by Gasteiger charge is -2.23. The van der Waals surface area contributed by atoms with Gasteiger partial charge in [-0.05, 0) is 43.7 Å². The highest BCUT2D eigenvalue weighted by molar-refractivity contribution is 5.85. The largest absolute Gasteiger partial charge is 0.384 e. The second-order valence-corrected chi connectivity index (χ2v) is 3.97. The third kappa shape index (κ3) is 1.76. The van der Waals surface area contributed by atoms with Gasteiger partial charge >= 0.3 is 0 Å². The summed E-state index contributed by atoms with van der Waals surface area (Å²) in [5.41, 5.74) is 0.710. The minimum atomic E-state index is 0. The number of halogens is 1. The van der Waals surface area contributed by atoms with Gasteiger partial charge in [-0.25, -0.2) is 0 Å². The summed E-state index contributed by atoms with van der Waals surface area (Å²) in [6.07, 6.45) is 4.17. The van der Waals surface area contributed by atoms with E-state index in [0.29, 0.717) is 5.41 Å². The molecule has 2 rings (SSSR count). The molecule has 1 aliphatic heterocycles. The van der Waals surface area contributed by atoms with E-state index in [4.69, 9.17) is 4.74 Å². The summed E-state index contributed by atoms with van der Waals surface area (Å²) >= 11 is 0. The van der Waals surface area contributed by atoms with Gasteiger partial charge in [0.15, 0.2) is 0 Å². The van der Waals surface area contributed by atoms with E-state index in [2.05, 4.69) is 5.32 Å². The van der Waals surface area contributed by atoms with Crippen molar-refractivity contribution >= 4 is 12.4 Å². The molecule has 0 aromatic carbocycles. The lowest BCUT2D eigenvalue weighted by Crippen LogP contribution is -2.30. The van der Waals surface area contributed by atoms with Gasteiger partial charge in [0.2, 0.25) is 0 Å². The van der Waals surface area contributed by atoms with E-state index in [1.165, 1.54) is 32.4 Å². The maximum atomic E-state index is 5.17. The Morgan fingerprint density at radius 1 is 1.42 bits per heavy atom. The molecule has 0 radical (unpaired) electrons. The van der Waals surface area contributed by atoms with Crippen molar-refractivity contribution in [2.24, 2.45) is 11.3 Å². The molecule has 12 heavy (non-hydrogen) atoms. The van der Waals surface area contributed by atoms with Crippen LogP contribution in [-0.2, 0) is 4.74 Å². The summed E-state index contributed by atoms with van der Waals surface area (Å²) in [5, 5.41) is 3.40. The Bertz CT molecular complexity index is 145. The number of rotatable bonds is 2.